The molecule has 1 aliphatic heterocycles. The van der Waals surface area contributed by atoms with Gasteiger partial charge in [0.2, 0.25) is 0 Å². The molecule has 1 saturated heterocycles. The molecule has 0 unspecified atom stereocenters. The van der Waals surface area contributed by atoms with Crippen molar-refractivity contribution in [3.05, 3.63) is 12.7 Å². The van der Waals surface area contributed by atoms with Crippen molar-refractivity contribution in [2.45, 2.75) is 19.4 Å². The van der Waals surface area contributed by atoms with Crippen LogP contribution in [0.3, 0.4) is 0 Å². The first kappa shape index (κ1) is 10.4. The summed E-state index contributed by atoms with van der Waals surface area (Å²) in [5.41, 5.74) is -0.385. The van der Waals surface area contributed by atoms with Gasteiger partial charge in [-0.2, -0.15) is 0 Å². The minimum absolute atomic E-state index is 0.106. The van der Waals surface area contributed by atoms with Crippen LogP contribution in [-0.4, -0.2) is 42.4 Å². The van der Waals surface area contributed by atoms with Crippen molar-refractivity contribution >= 4 is 5.78 Å². The third kappa shape index (κ3) is 2.17. The van der Waals surface area contributed by atoms with Crippen molar-refractivity contribution in [1.29, 1.82) is 0 Å². The molecule has 13 heavy (non-hydrogen) atoms. The molecule has 0 radical (unpaired) electrons. The molecule has 3 nitrogen and oxygen atoms in total. The Kier molecular flexibility index (Phi) is 3.22. The molecule has 3 heteroatoms. The second kappa shape index (κ2) is 4.03. The van der Waals surface area contributed by atoms with E-state index >= 15 is 0 Å². The highest BCUT2D eigenvalue weighted by atomic mass is 16.1. The van der Waals surface area contributed by atoms with E-state index in [4.69, 9.17) is 0 Å². The summed E-state index contributed by atoms with van der Waals surface area (Å²) in [5, 5.41) is 3.26. The summed E-state index contributed by atoms with van der Waals surface area (Å²) in [6, 6.07) is 0. The van der Waals surface area contributed by atoms with Gasteiger partial charge in [0.15, 0.2) is 5.78 Å². The fraction of sp³-hybridized carbons (Fsp3) is 0.700. The zero-order valence-corrected chi connectivity index (χ0v) is 8.47. The van der Waals surface area contributed by atoms with E-state index in [9.17, 15) is 4.79 Å². The van der Waals surface area contributed by atoms with Crippen LogP contribution in [0.2, 0.25) is 0 Å². The predicted molar refractivity (Wildman–Crippen MR) is 53.7 cm³/mol. The quantitative estimate of drug-likeness (QED) is 0.642. The lowest BCUT2D eigenvalue weighted by molar-refractivity contribution is -0.124. The van der Waals surface area contributed by atoms with Gasteiger partial charge in [0.05, 0.1) is 5.54 Å². The number of piperazine rings is 1. The maximum Gasteiger partial charge on any atom is 0.174 e. The van der Waals surface area contributed by atoms with E-state index in [1.165, 1.54) is 6.08 Å². The first-order valence-corrected chi connectivity index (χ1v) is 4.71. The van der Waals surface area contributed by atoms with Gasteiger partial charge in [-0.1, -0.05) is 6.58 Å². The van der Waals surface area contributed by atoms with Crippen LogP contribution in [0, 0.1) is 0 Å². The van der Waals surface area contributed by atoms with Crippen molar-refractivity contribution in [2.75, 3.05) is 26.2 Å². The van der Waals surface area contributed by atoms with E-state index in [2.05, 4.69) is 16.8 Å². The van der Waals surface area contributed by atoms with E-state index in [0.717, 1.165) is 26.2 Å². The van der Waals surface area contributed by atoms with E-state index in [1.807, 2.05) is 13.8 Å². The van der Waals surface area contributed by atoms with E-state index < -0.39 is 0 Å². The highest BCUT2D eigenvalue weighted by Crippen LogP contribution is 2.16. The van der Waals surface area contributed by atoms with Gasteiger partial charge in [0.1, 0.15) is 0 Å². The zero-order chi connectivity index (χ0) is 9.90. The summed E-state index contributed by atoms with van der Waals surface area (Å²) in [6.45, 7) is 11.3. The molecule has 74 valence electrons. The molecular formula is C10H18N2O. The average Bonchev–Trinajstić information content (AvgIpc) is 2.18. The van der Waals surface area contributed by atoms with E-state index in [-0.39, 0.29) is 11.3 Å². The Bertz CT molecular complexity index is 205. The second-order valence-electron chi connectivity index (χ2n) is 3.86. The monoisotopic (exact) mass is 182 g/mol. The summed E-state index contributed by atoms with van der Waals surface area (Å²) in [6.07, 6.45) is 1.42. The smallest absolute Gasteiger partial charge is 0.174 e. The van der Waals surface area contributed by atoms with Crippen LogP contribution in [-0.2, 0) is 4.79 Å². The number of carbonyl (C=O) groups excluding carboxylic acids is 1. The maximum atomic E-state index is 11.6. The normalized spacial score (nSPS) is 19.8. The topological polar surface area (TPSA) is 32.3 Å². The summed E-state index contributed by atoms with van der Waals surface area (Å²) in [7, 11) is 0. The summed E-state index contributed by atoms with van der Waals surface area (Å²) in [5.74, 6) is 0.106. The molecule has 0 atom stereocenters. The van der Waals surface area contributed by atoms with Crippen LogP contribution in [0.4, 0.5) is 0 Å². The number of rotatable bonds is 3. The third-order valence-corrected chi connectivity index (χ3v) is 2.70. The van der Waals surface area contributed by atoms with Crippen LogP contribution in [0.15, 0.2) is 12.7 Å². The number of hydrogen-bond donors (Lipinski definition) is 1. The lowest BCUT2D eigenvalue weighted by Gasteiger charge is -2.39. The Balaban J connectivity index is 2.66. The van der Waals surface area contributed by atoms with Gasteiger partial charge in [-0.15, -0.1) is 0 Å². The Morgan fingerprint density at radius 1 is 1.46 bits per heavy atom. The Morgan fingerprint density at radius 2 is 2.00 bits per heavy atom. The van der Waals surface area contributed by atoms with Crippen molar-refractivity contribution in [3.63, 3.8) is 0 Å². The highest BCUT2D eigenvalue weighted by Gasteiger charge is 2.32. The minimum atomic E-state index is -0.385. The number of hydrogen-bond acceptors (Lipinski definition) is 3. The van der Waals surface area contributed by atoms with E-state index in [0.29, 0.717) is 0 Å². The average molecular weight is 182 g/mol. The summed E-state index contributed by atoms with van der Waals surface area (Å²) >= 11 is 0. The van der Waals surface area contributed by atoms with Gasteiger partial charge in [-0.25, -0.2) is 0 Å². The van der Waals surface area contributed by atoms with Gasteiger partial charge < -0.3 is 5.32 Å². The third-order valence-electron chi connectivity index (χ3n) is 2.70. The molecular weight excluding hydrogens is 164 g/mol. The lowest BCUT2D eigenvalue weighted by Crippen LogP contribution is -2.56. The Hall–Kier alpha value is -0.670. The first-order valence-electron chi connectivity index (χ1n) is 4.71. The molecule has 1 heterocycles. The predicted octanol–water partition coefficient (Wildman–Crippen LogP) is 0.425. The number of nitrogens with one attached hydrogen (secondary N) is 1. The standard InChI is InChI=1S/C10H18N2O/c1-4-9(13)10(2,3)12-7-5-11-6-8-12/h4,11H,1,5-8H2,2-3H3. The fourth-order valence-corrected chi connectivity index (χ4v) is 1.63. The van der Waals surface area contributed by atoms with Gasteiger partial charge in [-0.3, -0.25) is 9.69 Å². The van der Waals surface area contributed by atoms with Crippen molar-refractivity contribution in [1.82, 2.24) is 10.2 Å². The largest absolute Gasteiger partial charge is 0.314 e. The summed E-state index contributed by atoms with van der Waals surface area (Å²) < 4.78 is 0. The molecule has 1 N–H and O–H groups in total. The molecule has 0 amide bonds. The van der Waals surface area contributed by atoms with Gasteiger partial charge >= 0.3 is 0 Å². The maximum absolute atomic E-state index is 11.6. The molecule has 0 aliphatic carbocycles. The van der Waals surface area contributed by atoms with Gasteiger partial charge in [-0.05, 0) is 19.9 Å². The molecule has 0 aromatic heterocycles. The molecule has 0 saturated carbocycles. The van der Waals surface area contributed by atoms with Crippen molar-refractivity contribution in [2.24, 2.45) is 0 Å². The second-order valence-corrected chi connectivity index (χ2v) is 3.86. The fourth-order valence-electron chi connectivity index (χ4n) is 1.63. The number of ketones is 1. The van der Waals surface area contributed by atoms with Crippen LogP contribution < -0.4 is 5.32 Å². The first-order chi connectivity index (χ1) is 6.09. The number of nitrogens with zero attached hydrogens (tertiary/aromatic N) is 1. The van der Waals surface area contributed by atoms with Crippen molar-refractivity contribution < 1.29 is 4.79 Å². The SMILES string of the molecule is C=CC(=O)C(C)(C)N1CCNCC1. The highest BCUT2D eigenvalue weighted by molar-refractivity contribution is 5.96. The molecule has 0 aromatic rings. The Labute approximate surface area is 79.8 Å². The molecule has 0 bridgehead atoms. The van der Waals surface area contributed by atoms with E-state index in [1.54, 1.807) is 0 Å². The van der Waals surface area contributed by atoms with Gasteiger partial charge in [0.25, 0.3) is 0 Å². The van der Waals surface area contributed by atoms with Crippen LogP contribution in [0.1, 0.15) is 13.8 Å². The number of carbonyl (C=O) groups is 1. The zero-order valence-electron chi connectivity index (χ0n) is 8.47. The molecule has 0 aromatic carbocycles. The Morgan fingerprint density at radius 3 is 2.46 bits per heavy atom. The van der Waals surface area contributed by atoms with Crippen LogP contribution in [0.5, 0.6) is 0 Å². The van der Waals surface area contributed by atoms with Crippen LogP contribution in [0.25, 0.3) is 0 Å². The minimum Gasteiger partial charge on any atom is -0.314 e. The summed E-state index contributed by atoms with van der Waals surface area (Å²) in [4.78, 5) is 13.8. The molecule has 1 fully saturated rings. The molecule has 1 aliphatic rings. The van der Waals surface area contributed by atoms with Crippen molar-refractivity contribution in [3.8, 4) is 0 Å². The molecule has 1 rings (SSSR count). The lowest BCUT2D eigenvalue weighted by atomic mass is 9.96. The van der Waals surface area contributed by atoms with Crippen LogP contribution >= 0.6 is 0 Å². The molecule has 0 spiro atoms. The van der Waals surface area contributed by atoms with Gasteiger partial charge in [0, 0.05) is 26.2 Å².